The summed E-state index contributed by atoms with van der Waals surface area (Å²) in [5, 5.41) is 10.8. The average molecular weight is 383 g/mol. The second-order valence-corrected chi connectivity index (χ2v) is 6.83. The van der Waals surface area contributed by atoms with Crippen LogP contribution in [0.15, 0.2) is 60.2 Å². The fraction of sp³-hybridized carbons (Fsp3) is 0.273. The molecule has 0 aromatic heterocycles. The minimum Gasteiger partial charge on any atom is -0.507 e. The summed E-state index contributed by atoms with van der Waals surface area (Å²) in [5.74, 6) is -2.23. The van der Waals surface area contributed by atoms with Gasteiger partial charge in [0.25, 0.3) is 11.7 Å². The standard InChI is InChI=1S/C22H22FNO4/c1-14(2)28-13-12-24-19(15-6-4-3-5-7-15)18(21(26)22(24)27)20(25)16-8-10-17(23)11-9-16/h3-11,14,19,25H,12-13H2,1-2H3/b20-18-. The molecule has 5 nitrogen and oxygen atoms in total. The maximum atomic E-state index is 13.2. The molecule has 1 heterocycles. The fourth-order valence-corrected chi connectivity index (χ4v) is 3.24. The van der Waals surface area contributed by atoms with Crippen LogP contribution in [0.4, 0.5) is 4.39 Å². The molecule has 1 aliphatic heterocycles. The van der Waals surface area contributed by atoms with Crippen molar-refractivity contribution in [3.8, 4) is 0 Å². The number of amides is 1. The van der Waals surface area contributed by atoms with Gasteiger partial charge in [0.15, 0.2) is 0 Å². The lowest BCUT2D eigenvalue weighted by Crippen LogP contribution is -2.33. The van der Waals surface area contributed by atoms with Crippen molar-refractivity contribution in [2.75, 3.05) is 13.2 Å². The van der Waals surface area contributed by atoms with Crippen LogP contribution in [0.5, 0.6) is 0 Å². The number of hydrogen-bond donors (Lipinski definition) is 1. The molecule has 0 radical (unpaired) electrons. The Morgan fingerprint density at radius 3 is 2.36 bits per heavy atom. The molecule has 2 aromatic carbocycles. The number of aliphatic hydroxyl groups is 1. The van der Waals surface area contributed by atoms with Gasteiger partial charge in [0, 0.05) is 12.1 Å². The number of halogens is 1. The van der Waals surface area contributed by atoms with Crippen molar-refractivity contribution in [3.05, 3.63) is 77.1 Å². The molecule has 2 aromatic rings. The summed E-state index contributed by atoms with van der Waals surface area (Å²) in [5.41, 5.74) is 0.973. The Morgan fingerprint density at radius 2 is 1.75 bits per heavy atom. The highest BCUT2D eigenvalue weighted by Gasteiger charge is 2.45. The van der Waals surface area contributed by atoms with Crippen molar-refractivity contribution < 1.29 is 23.8 Å². The topological polar surface area (TPSA) is 66.8 Å². The molecule has 28 heavy (non-hydrogen) atoms. The van der Waals surface area contributed by atoms with Crippen LogP contribution in [0, 0.1) is 5.82 Å². The molecule has 6 heteroatoms. The van der Waals surface area contributed by atoms with Crippen LogP contribution in [0.25, 0.3) is 5.76 Å². The normalized spacial score (nSPS) is 18.9. The number of ether oxygens (including phenoxy) is 1. The molecule has 0 bridgehead atoms. The SMILES string of the molecule is CC(C)OCCN1C(=O)C(=O)/C(=C(\O)c2ccc(F)cc2)C1c1ccccc1. The van der Waals surface area contributed by atoms with E-state index in [0.29, 0.717) is 5.56 Å². The third-order valence-corrected chi connectivity index (χ3v) is 4.56. The van der Waals surface area contributed by atoms with Gasteiger partial charge in [0.05, 0.1) is 24.3 Å². The highest BCUT2D eigenvalue weighted by atomic mass is 19.1. The Morgan fingerprint density at radius 1 is 1.11 bits per heavy atom. The van der Waals surface area contributed by atoms with E-state index in [4.69, 9.17) is 4.74 Å². The van der Waals surface area contributed by atoms with E-state index in [1.165, 1.54) is 29.2 Å². The highest BCUT2D eigenvalue weighted by Crippen LogP contribution is 2.39. The number of likely N-dealkylation sites (tertiary alicyclic amines) is 1. The van der Waals surface area contributed by atoms with Crippen LogP contribution in [0.3, 0.4) is 0 Å². The Balaban J connectivity index is 2.06. The van der Waals surface area contributed by atoms with E-state index in [-0.39, 0.29) is 36.2 Å². The van der Waals surface area contributed by atoms with Crippen LogP contribution in [0.2, 0.25) is 0 Å². The van der Waals surface area contributed by atoms with Gasteiger partial charge in [-0.1, -0.05) is 30.3 Å². The summed E-state index contributed by atoms with van der Waals surface area (Å²) < 4.78 is 18.8. The number of rotatable bonds is 6. The van der Waals surface area contributed by atoms with E-state index in [1.807, 2.05) is 19.9 Å². The molecule has 1 saturated heterocycles. The van der Waals surface area contributed by atoms with Crippen molar-refractivity contribution in [1.82, 2.24) is 4.90 Å². The monoisotopic (exact) mass is 383 g/mol. The van der Waals surface area contributed by atoms with Crippen molar-refractivity contribution in [1.29, 1.82) is 0 Å². The van der Waals surface area contributed by atoms with E-state index < -0.39 is 23.5 Å². The molecule has 1 N–H and O–H groups in total. The molecule has 1 atom stereocenters. The molecule has 3 rings (SSSR count). The number of hydrogen-bond acceptors (Lipinski definition) is 4. The summed E-state index contributed by atoms with van der Waals surface area (Å²) in [6, 6.07) is 13.4. The molecule has 0 spiro atoms. The van der Waals surface area contributed by atoms with Crippen LogP contribution in [0.1, 0.15) is 31.0 Å². The van der Waals surface area contributed by atoms with Gasteiger partial charge in [-0.3, -0.25) is 9.59 Å². The summed E-state index contributed by atoms with van der Waals surface area (Å²) in [7, 11) is 0. The minimum absolute atomic E-state index is 0.00708. The van der Waals surface area contributed by atoms with Gasteiger partial charge in [-0.2, -0.15) is 0 Å². The second kappa shape index (κ2) is 8.35. The molecule has 0 saturated carbocycles. The van der Waals surface area contributed by atoms with Gasteiger partial charge in [-0.05, 0) is 43.7 Å². The van der Waals surface area contributed by atoms with Crippen LogP contribution >= 0.6 is 0 Å². The quantitative estimate of drug-likeness (QED) is 0.470. The van der Waals surface area contributed by atoms with Crippen molar-refractivity contribution in [2.45, 2.75) is 26.0 Å². The first kappa shape index (κ1) is 19.8. The Labute approximate surface area is 163 Å². The number of Topliss-reactive ketones (excluding diaryl/α,β-unsaturated/α-hetero) is 1. The molecular weight excluding hydrogens is 361 g/mol. The predicted molar refractivity (Wildman–Crippen MR) is 103 cm³/mol. The molecule has 146 valence electrons. The number of ketones is 1. The number of carbonyl (C=O) groups excluding carboxylic acids is 2. The third-order valence-electron chi connectivity index (χ3n) is 4.56. The van der Waals surface area contributed by atoms with Crippen LogP contribution in [-0.4, -0.2) is 41.0 Å². The minimum atomic E-state index is -0.764. The summed E-state index contributed by atoms with van der Waals surface area (Å²) in [4.78, 5) is 26.8. The van der Waals surface area contributed by atoms with E-state index in [1.54, 1.807) is 24.3 Å². The zero-order chi connectivity index (χ0) is 20.3. The average Bonchev–Trinajstić information content (AvgIpc) is 2.93. The number of benzene rings is 2. The number of aliphatic hydroxyl groups excluding tert-OH is 1. The van der Waals surface area contributed by atoms with Crippen LogP contribution < -0.4 is 0 Å². The van der Waals surface area contributed by atoms with Gasteiger partial charge in [-0.15, -0.1) is 0 Å². The largest absolute Gasteiger partial charge is 0.507 e. The summed E-state index contributed by atoms with van der Waals surface area (Å²) in [6.45, 7) is 4.25. The van der Waals surface area contributed by atoms with Gasteiger partial charge < -0.3 is 14.7 Å². The smallest absolute Gasteiger partial charge is 0.295 e. The maximum Gasteiger partial charge on any atom is 0.295 e. The van der Waals surface area contributed by atoms with Crippen LogP contribution in [-0.2, 0) is 14.3 Å². The van der Waals surface area contributed by atoms with Crippen molar-refractivity contribution in [2.24, 2.45) is 0 Å². The van der Waals surface area contributed by atoms with E-state index in [0.717, 1.165) is 0 Å². The zero-order valence-electron chi connectivity index (χ0n) is 15.8. The highest BCUT2D eigenvalue weighted by molar-refractivity contribution is 6.46. The van der Waals surface area contributed by atoms with E-state index in [9.17, 15) is 19.1 Å². The molecule has 1 aliphatic rings. The number of carbonyl (C=O) groups is 2. The first-order valence-corrected chi connectivity index (χ1v) is 9.11. The number of nitrogens with zero attached hydrogens (tertiary/aromatic N) is 1. The predicted octanol–water partition coefficient (Wildman–Crippen LogP) is 3.67. The molecular formula is C22H22FNO4. The lowest BCUT2D eigenvalue weighted by molar-refractivity contribution is -0.140. The van der Waals surface area contributed by atoms with Gasteiger partial charge >= 0.3 is 0 Å². The van der Waals surface area contributed by atoms with Crippen molar-refractivity contribution in [3.63, 3.8) is 0 Å². The molecule has 1 amide bonds. The third kappa shape index (κ3) is 3.97. The summed E-state index contributed by atoms with van der Waals surface area (Å²) >= 11 is 0. The van der Waals surface area contributed by atoms with Gasteiger partial charge in [0.2, 0.25) is 0 Å². The van der Waals surface area contributed by atoms with E-state index in [2.05, 4.69) is 0 Å². The first-order valence-electron chi connectivity index (χ1n) is 9.11. The molecule has 0 aliphatic carbocycles. The van der Waals surface area contributed by atoms with Gasteiger partial charge in [0.1, 0.15) is 11.6 Å². The van der Waals surface area contributed by atoms with E-state index >= 15 is 0 Å². The lowest BCUT2D eigenvalue weighted by atomic mass is 9.95. The Kier molecular flexibility index (Phi) is 5.90. The van der Waals surface area contributed by atoms with Gasteiger partial charge in [-0.25, -0.2) is 4.39 Å². The van der Waals surface area contributed by atoms with Crippen molar-refractivity contribution >= 4 is 17.4 Å². The second-order valence-electron chi connectivity index (χ2n) is 6.83. The Bertz CT molecular complexity index is 891. The fourth-order valence-electron chi connectivity index (χ4n) is 3.24. The molecule has 1 unspecified atom stereocenters. The zero-order valence-corrected chi connectivity index (χ0v) is 15.8. The molecule has 1 fully saturated rings. The summed E-state index contributed by atoms with van der Waals surface area (Å²) in [6.07, 6.45) is -0.00814. The lowest BCUT2D eigenvalue weighted by Gasteiger charge is -2.25. The first-order chi connectivity index (χ1) is 13.4. The maximum absolute atomic E-state index is 13.2. The Hall–Kier alpha value is -2.99.